The predicted octanol–water partition coefficient (Wildman–Crippen LogP) is 2.21. The Hall–Kier alpha value is -3.68. The topological polar surface area (TPSA) is 111 Å². The van der Waals surface area contributed by atoms with Crippen LogP contribution in [0.15, 0.2) is 46.9 Å². The maximum Gasteiger partial charge on any atom is 0.339 e. The van der Waals surface area contributed by atoms with Crippen LogP contribution in [0, 0.1) is 6.92 Å². The number of carbonyl (C=O) groups is 3. The quantitative estimate of drug-likeness (QED) is 0.594. The Morgan fingerprint density at radius 2 is 1.86 bits per heavy atom. The van der Waals surface area contributed by atoms with Crippen molar-refractivity contribution in [3.8, 4) is 11.5 Å². The van der Waals surface area contributed by atoms with Gasteiger partial charge in [-0.2, -0.15) is 0 Å². The van der Waals surface area contributed by atoms with Gasteiger partial charge in [0.2, 0.25) is 5.91 Å². The number of hydrogen-bond donors (Lipinski definition) is 2. The number of rotatable bonds is 7. The van der Waals surface area contributed by atoms with Gasteiger partial charge < -0.3 is 19.8 Å². The van der Waals surface area contributed by atoms with Crippen LogP contribution in [0.2, 0.25) is 0 Å². The van der Waals surface area contributed by atoms with Crippen LogP contribution in [0.4, 0.5) is 0 Å². The number of amides is 2. The first kappa shape index (κ1) is 20.1. The number of likely N-dealkylation sites (N-methyl/N-ethyl adjacent to an activating group) is 1. The summed E-state index contributed by atoms with van der Waals surface area (Å²) >= 11 is 0. The Balaban J connectivity index is 1.76. The first-order valence-corrected chi connectivity index (χ1v) is 9.15. The van der Waals surface area contributed by atoms with E-state index in [-0.39, 0.29) is 18.0 Å². The lowest BCUT2D eigenvalue weighted by Gasteiger charge is -2.09. The number of pyridine rings is 1. The molecule has 3 rings (SSSR count). The summed E-state index contributed by atoms with van der Waals surface area (Å²) in [5, 5.41) is 5.56. The Kier molecular flexibility index (Phi) is 6.23. The monoisotopic (exact) mass is 395 g/mol. The summed E-state index contributed by atoms with van der Waals surface area (Å²) in [7, 11) is 0. The number of esters is 1. The molecule has 0 unspecified atom stereocenters. The number of para-hydroxylation sites is 1. The molecule has 150 valence electrons. The molecular formula is C21H21N3O5. The summed E-state index contributed by atoms with van der Waals surface area (Å²) in [5.41, 5.74) is 1.37. The average Bonchev–Trinajstić information content (AvgIpc) is 3.16. The Labute approximate surface area is 167 Å². The summed E-state index contributed by atoms with van der Waals surface area (Å²) in [5.74, 6) is -0.290. The summed E-state index contributed by atoms with van der Waals surface area (Å²) in [6, 6.07) is 12.3. The van der Waals surface area contributed by atoms with Crippen LogP contribution in [0.5, 0.6) is 0 Å². The minimum Gasteiger partial charge on any atom is -0.460 e. The summed E-state index contributed by atoms with van der Waals surface area (Å²) in [6.45, 7) is 3.39. The van der Waals surface area contributed by atoms with Crippen LogP contribution in [-0.4, -0.2) is 42.5 Å². The third-order valence-corrected chi connectivity index (χ3v) is 4.08. The average molecular weight is 395 g/mol. The van der Waals surface area contributed by atoms with E-state index in [0.717, 1.165) is 5.76 Å². The van der Waals surface area contributed by atoms with E-state index in [4.69, 9.17) is 9.15 Å². The van der Waals surface area contributed by atoms with Crippen molar-refractivity contribution in [1.82, 2.24) is 15.6 Å². The van der Waals surface area contributed by atoms with Crippen LogP contribution < -0.4 is 10.6 Å². The lowest BCUT2D eigenvalue weighted by molar-refractivity contribution is -0.127. The highest BCUT2D eigenvalue weighted by atomic mass is 16.5. The van der Waals surface area contributed by atoms with Gasteiger partial charge >= 0.3 is 5.97 Å². The molecule has 0 spiro atoms. The third kappa shape index (κ3) is 4.98. The summed E-state index contributed by atoms with van der Waals surface area (Å²) in [6.07, 6.45) is 0. The molecule has 3 aromatic rings. The normalized spacial score (nSPS) is 10.6. The molecule has 0 aliphatic carbocycles. The van der Waals surface area contributed by atoms with Gasteiger partial charge in [0.1, 0.15) is 11.5 Å². The van der Waals surface area contributed by atoms with E-state index < -0.39 is 18.5 Å². The molecule has 1 aromatic carbocycles. The Morgan fingerprint density at radius 3 is 2.59 bits per heavy atom. The van der Waals surface area contributed by atoms with Gasteiger partial charge in [0, 0.05) is 11.9 Å². The zero-order valence-electron chi connectivity index (χ0n) is 16.2. The lowest BCUT2D eigenvalue weighted by Crippen LogP contribution is -2.38. The van der Waals surface area contributed by atoms with E-state index in [1.54, 1.807) is 37.3 Å². The first-order valence-electron chi connectivity index (χ1n) is 9.15. The number of carbonyl (C=O) groups excluding carboxylic acids is 3. The predicted molar refractivity (Wildman–Crippen MR) is 106 cm³/mol. The fourth-order valence-electron chi connectivity index (χ4n) is 2.74. The Morgan fingerprint density at radius 1 is 1.07 bits per heavy atom. The number of aryl methyl sites for hydroxylation is 1. The summed E-state index contributed by atoms with van der Waals surface area (Å²) in [4.78, 5) is 40.4. The molecule has 0 saturated carbocycles. The van der Waals surface area contributed by atoms with Gasteiger partial charge in [0.15, 0.2) is 12.4 Å². The molecule has 0 aliphatic heterocycles. The van der Waals surface area contributed by atoms with Crippen LogP contribution in [0.25, 0.3) is 22.4 Å². The molecule has 2 amide bonds. The van der Waals surface area contributed by atoms with Gasteiger partial charge in [-0.05, 0) is 38.1 Å². The molecule has 29 heavy (non-hydrogen) atoms. The maximum atomic E-state index is 12.7. The molecule has 8 heteroatoms. The second kappa shape index (κ2) is 9.01. The van der Waals surface area contributed by atoms with Crippen molar-refractivity contribution < 1.29 is 23.5 Å². The van der Waals surface area contributed by atoms with Crippen LogP contribution in [-0.2, 0) is 14.3 Å². The van der Waals surface area contributed by atoms with Gasteiger partial charge in [0.25, 0.3) is 5.91 Å². The van der Waals surface area contributed by atoms with Gasteiger partial charge in [-0.3, -0.25) is 9.59 Å². The second-order valence-electron chi connectivity index (χ2n) is 6.29. The largest absolute Gasteiger partial charge is 0.460 e. The van der Waals surface area contributed by atoms with Gasteiger partial charge in [-0.1, -0.05) is 18.2 Å². The zero-order chi connectivity index (χ0) is 20.8. The van der Waals surface area contributed by atoms with E-state index in [0.29, 0.717) is 28.9 Å². The number of ether oxygens (including phenoxy) is 1. The van der Waals surface area contributed by atoms with Crippen molar-refractivity contribution in [2.24, 2.45) is 0 Å². The second-order valence-corrected chi connectivity index (χ2v) is 6.29. The molecule has 2 heterocycles. The molecule has 0 saturated heterocycles. The van der Waals surface area contributed by atoms with Crippen molar-refractivity contribution >= 4 is 28.7 Å². The summed E-state index contributed by atoms with van der Waals surface area (Å²) < 4.78 is 10.8. The van der Waals surface area contributed by atoms with Crippen molar-refractivity contribution in [1.29, 1.82) is 0 Å². The van der Waals surface area contributed by atoms with E-state index in [1.807, 2.05) is 19.1 Å². The van der Waals surface area contributed by atoms with Gasteiger partial charge in [0.05, 0.1) is 17.6 Å². The third-order valence-electron chi connectivity index (χ3n) is 4.08. The van der Waals surface area contributed by atoms with Crippen molar-refractivity contribution in [2.75, 3.05) is 19.7 Å². The molecular weight excluding hydrogens is 374 g/mol. The van der Waals surface area contributed by atoms with Gasteiger partial charge in [-0.15, -0.1) is 0 Å². The standard InChI is InChI=1S/C21H21N3O5/c1-3-22-19(25)11-23-20(26)12-28-21(27)15-10-17(18-9-8-13(2)29-18)24-16-7-5-4-6-14(15)16/h4-10H,3,11-12H2,1-2H3,(H,22,25)(H,23,26). The number of fused-ring (bicyclic) bond motifs is 1. The fraction of sp³-hybridized carbons (Fsp3) is 0.238. The van der Waals surface area contributed by atoms with Gasteiger partial charge in [-0.25, -0.2) is 9.78 Å². The van der Waals surface area contributed by atoms with E-state index >= 15 is 0 Å². The molecule has 2 N–H and O–H groups in total. The minimum atomic E-state index is -0.665. The van der Waals surface area contributed by atoms with E-state index in [9.17, 15) is 14.4 Å². The van der Waals surface area contributed by atoms with Crippen molar-refractivity contribution in [3.63, 3.8) is 0 Å². The van der Waals surface area contributed by atoms with Crippen LogP contribution >= 0.6 is 0 Å². The molecule has 8 nitrogen and oxygen atoms in total. The highest BCUT2D eigenvalue weighted by Gasteiger charge is 2.17. The smallest absolute Gasteiger partial charge is 0.339 e. The highest BCUT2D eigenvalue weighted by molar-refractivity contribution is 6.05. The highest BCUT2D eigenvalue weighted by Crippen LogP contribution is 2.26. The van der Waals surface area contributed by atoms with Crippen molar-refractivity contribution in [3.05, 3.63) is 53.8 Å². The molecule has 2 aromatic heterocycles. The van der Waals surface area contributed by atoms with E-state index in [1.165, 1.54) is 0 Å². The lowest BCUT2D eigenvalue weighted by atomic mass is 10.1. The number of aromatic nitrogens is 1. The Bertz CT molecular complexity index is 1060. The van der Waals surface area contributed by atoms with Crippen LogP contribution in [0.1, 0.15) is 23.0 Å². The number of furan rings is 1. The molecule has 0 aliphatic rings. The fourth-order valence-corrected chi connectivity index (χ4v) is 2.74. The number of nitrogens with zero attached hydrogens (tertiary/aromatic N) is 1. The number of nitrogens with one attached hydrogen (secondary N) is 2. The molecule has 0 fully saturated rings. The molecule has 0 atom stereocenters. The van der Waals surface area contributed by atoms with Crippen LogP contribution in [0.3, 0.4) is 0 Å². The van der Waals surface area contributed by atoms with E-state index in [2.05, 4.69) is 15.6 Å². The minimum absolute atomic E-state index is 0.176. The molecule has 0 radical (unpaired) electrons. The number of benzene rings is 1. The zero-order valence-corrected chi connectivity index (χ0v) is 16.2. The van der Waals surface area contributed by atoms with Crippen molar-refractivity contribution in [2.45, 2.75) is 13.8 Å². The molecule has 0 bridgehead atoms. The SMILES string of the molecule is CCNC(=O)CNC(=O)COC(=O)c1cc(-c2ccc(C)o2)nc2ccccc12. The number of hydrogen-bond acceptors (Lipinski definition) is 6. The first-order chi connectivity index (χ1) is 14.0. The maximum absolute atomic E-state index is 12.7.